The topological polar surface area (TPSA) is 69.6 Å². The van der Waals surface area contributed by atoms with Crippen molar-refractivity contribution < 1.29 is 13.5 Å². The fourth-order valence-corrected chi connectivity index (χ4v) is 4.28. The van der Waals surface area contributed by atoms with Crippen LogP contribution in [-0.4, -0.2) is 44.6 Å². The van der Waals surface area contributed by atoms with Gasteiger partial charge in [0.05, 0.1) is 4.90 Å². The van der Waals surface area contributed by atoms with E-state index in [2.05, 4.69) is 5.32 Å². The standard InChI is InChI=1S/C15H24N2O3S/c1-12(16-2)14-4-3-5-15(10-14)21(19,20)17-8-6-13(11-17)7-9-18/h3-5,10,12-13,16,18H,6-9,11H2,1-2H3. The summed E-state index contributed by atoms with van der Waals surface area (Å²) in [6.07, 6.45) is 1.50. The third kappa shape index (κ3) is 3.63. The molecule has 0 radical (unpaired) electrons. The van der Waals surface area contributed by atoms with Gasteiger partial charge in [-0.1, -0.05) is 12.1 Å². The Balaban J connectivity index is 2.20. The minimum Gasteiger partial charge on any atom is -0.396 e. The molecule has 118 valence electrons. The summed E-state index contributed by atoms with van der Waals surface area (Å²) in [5, 5.41) is 12.1. The zero-order valence-electron chi connectivity index (χ0n) is 12.6. The maximum Gasteiger partial charge on any atom is 0.243 e. The zero-order valence-corrected chi connectivity index (χ0v) is 13.4. The molecule has 2 rings (SSSR count). The van der Waals surface area contributed by atoms with E-state index in [-0.39, 0.29) is 18.6 Å². The van der Waals surface area contributed by atoms with Gasteiger partial charge in [0, 0.05) is 25.7 Å². The van der Waals surface area contributed by atoms with Crippen molar-refractivity contribution in [3.05, 3.63) is 29.8 Å². The molecule has 1 saturated heterocycles. The van der Waals surface area contributed by atoms with Gasteiger partial charge in [-0.2, -0.15) is 4.31 Å². The van der Waals surface area contributed by atoms with Crippen molar-refractivity contribution in [2.45, 2.75) is 30.7 Å². The molecule has 1 heterocycles. The predicted molar refractivity (Wildman–Crippen MR) is 82.5 cm³/mol. The largest absolute Gasteiger partial charge is 0.396 e. The maximum atomic E-state index is 12.7. The van der Waals surface area contributed by atoms with Gasteiger partial charge in [0.25, 0.3) is 0 Å². The van der Waals surface area contributed by atoms with Crippen LogP contribution in [-0.2, 0) is 10.0 Å². The van der Waals surface area contributed by atoms with E-state index in [9.17, 15) is 8.42 Å². The van der Waals surface area contributed by atoms with E-state index in [1.165, 1.54) is 4.31 Å². The lowest BCUT2D eigenvalue weighted by Crippen LogP contribution is -2.29. The lowest BCUT2D eigenvalue weighted by molar-refractivity contribution is 0.259. The molecule has 5 nitrogen and oxygen atoms in total. The Labute approximate surface area is 127 Å². The van der Waals surface area contributed by atoms with Crippen LogP contribution in [0.5, 0.6) is 0 Å². The normalized spacial score (nSPS) is 21.6. The first-order valence-corrected chi connectivity index (χ1v) is 8.81. The van der Waals surface area contributed by atoms with Gasteiger partial charge in [-0.25, -0.2) is 8.42 Å². The smallest absolute Gasteiger partial charge is 0.243 e. The van der Waals surface area contributed by atoms with Gasteiger partial charge < -0.3 is 10.4 Å². The van der Waals surface area contributed by atoms with Crippen LogP contribution in [0.2, 0.25) is 0 Å². The van der Waals surface area contributed by atoms with Crippen LogP contribution in [0.25, 0.3) is 0 Å². The summed E-state index contributed by atoms with van der Waals surface area (Å²) in [5.41, 5.74) is 0.963. The highest BCUT2D eigenvalue weighted by molar-refractivity contribution is 7.89. The van der Waals surface area contributed by atoms with Crippen LogP contribution in [0.15, 0.2) is 29.2 Å². The van der Waals surface area contributed by atoms with Gasteiger partial charge in [0.15, 0.2) is 0 Å². The predicted octanol–water partition coefficient (Wildman–Crippen LogP) is 1.36. The van der Waals surface area contributed by atoms with E-state index >= 15 is 0 Å². The van der Waals surface area contributed by atoms with Crippen LogP contribution in [0.4, 0.5) is 0 Å². The first-order chi connectivity index (χ1) is 9.98. The molecule has 2 N–H and O–H groups in total. The van der Waals surface area contributed by atoms with E-state index in [1.54, 1.807) is 18.2 Å². The fourth-order valence-electron chi connectivity index (χ4n) is 2.69. The Morgan fingerprint density at radius 3 is 2.90 bits per heavy atom. The third-order valence-electron chi connectivity index (χ3n) is 4.21. The van der Waals surface area contributed by atoms with Gasteiger partial charge >= 0.3 is 0 Å². The van der Waals surface area contributed by atoms with Gasteiger partial charge in [-0.05, 0) is 50.4 Å². The van der Waals surface area contributed by atoms with Crippen LogP contribution in [0.3, 0.4) is 0 Å². The number of rotatable bonds is 6. The zero-order chi connectivity index (χ0) is 15.5. The quantitative estimate of drug-likeness (QED) is 0.832. The summed E-state index contributed by atoms with van der Waals surface area (Å²) in [5.74, 6) is 0.268. The minimum absolute atomic E-state index is 0.112. The van der Waals surface area contributed by atoms with E-state index in [4.69, 9.17) is 5.11 Å². The Kier molecular flexibility index (Phi) is 5.37. The number of aliphatic hydroxyl groups excluding tert-OH is 1. The molecule has 0 aromatic heterocycles. The SMILES string of the molecule is CNC(C)c1cccc(S(=O)(=O)N2CCC(CCO)C2)c1. The van der Waals surface area contributed by atoms with E-state index in [1.807, 2.05) is 20.0 Å². The van der Waals surface area contributed by atoms with E-state index < -0.39 is 10.0 Å². The summed E-state index contributed by atoms with van der Waals surface area (Å²) < 4.78 is 26.9. The molecule has 21 heavy (non-hydrogen) atoms. The second-order valence-electron chi connectivity index (χ2n) is 5.61. The summed E-state index contributed by atoms with van der Waals surface area (Å²) in [4.78, 5) is 0.353. The second kappa shape index (κ2) is 6.87. The molecule has 6 heteroatoms. The van der Waals surface area contributed by atoms with Gasteiger partial charge in [-0.3, -0.25) is 0 Å². The highest BCUT2D eigenvalue weighted by atomic mass is 32.2. The van der Waals surface area contributed by atoms with Crippen molar-refractivity contribution in [1.82, 2.24) is 9.62 Å². The molecular formula is C15H24N2O3S. The van der Waals surface area contributed by atoms with Crippen molar-refractivity contribution in [2.75, 3.05) is 26.7 Å². The van der Waals surface area contributed by atoms with Crippen molar-refractivity contribution in [3.8, 4) is 0 Å². The van der Waals surface area contributed by atoms with Gasteiger partial charge in [-0.15, -0.1) is 0 Å². The van der Waals surface area contributed by atoms with Crippen LogP contribution in [0.1, 0.15) is 31.4 Å². The average molecular weight is 312 g/mol. The van der Waals surface area contributed by atoms with Crippen LogP contribution >= 0.6 is 0 Å². The average Bonchev–Trinajstić information content (AvgIpc) is 2.96. The highest BCUT2D eigenvalue weighted by Crippen LogP contribution is 2.27. The van der Waals surface area contributed by atoms with E-state index in [0.717, 1.165) is 12.0 Å². The fraction of sp³-hybridized carbons (Fsp3) is 0.600. The molecule has 0 aliphatic carbocycles. The number of nitrogens with one attached hydrogen (secondary N) is 1. The van der Waals surface area contributed by atoms with Gasteiger partial charge in [0.2, 0.25) is 10.0 Å². The highest BCUT2D eigenvalue weighted by Gasteiger charge is 2.32. The number of hydrogen-bond donors (Lipinski definition) is 2. The summed E-state index contributed by atoms with van der Waals surface area (Å²) >= 11 is 0. The first-order valence-electron chi connectivity index (χ1n) is 7.37. The molecule has 1 aliphatic rings. The Morgan fingerprint density at radius 1 is 1.48 bits per heavy atom. The molecule has 1 aromatic rings. The number of aliphatic hydroxyl groups is 1. The van der Waals surface area contributed by atoms with Gasteiger partial charge in [0.1, 0.15) is 0 Å². The lowest BCUT2D eigenvalue weighted by Gasteiger charge is -2.18. The Hall–Kier alpha value is -0.950. The maximum absolute atomic E-state index is 12.7. The minimum atomic E-state index is -3.43. The summed E-state index contributed by atoms with van der Waals surface area (Å²) in [7, 11) is -1.58. The van der Waals surface area contributed by atoms with Crippen molar-refractivity contribution in [1.29, 1.82) is 0 Å². The van der Waals surface area contributed by atoms with Crippen LogP contribution < -0.4 is 5.32 Å². The first kappa shape index (κ1) is 16.4. The molecule has 0 spiro atoms. The van der Waals surface area contributed by atoms with Crippen molar-refractivity contribution in [2.24, 2.45) is 5.92 Å². The van der Waals surface area contributed by atoms with Crippen molar-refractivity contribution >= 4 is 10.0 Å². The second-order valence-corrected chi connectivity index (χ2v) is 7.55. The molecule has 1 aromatic carbocycles. The molecule has 2 atom stereocenters. The number of benzene rings is 1. The molecule has 1 aliphatic heterocycles. The summed E-state index contributed by atoms with van der Waals surface area (Å²) in [6, 6.07) is 7.23. The molecule has 1 fully saturated rings. The molecule has 2 unspecified atom stereocenters. The number of sulfonamides is 1. The molecule has 0 amide bonds. The molecular weight excluding hydrogens is 288 g/mol. The lowest BCUT2D eigenvalue weighted by atomic mass is 10.1. The number of hydrogen-bond acceptors (Lipinski definition) is 4. The summed E-state index contributed by atoms with van der Waals surface area (Å²) in [6.45, 7) is 3.17. The van der Waals surface area contributed by atoms with E-state index in [0.29, 0.717) is 24.4 Å². The van der Waals surface area contributed by atoms with Crippen LogP contribution in [0, 0.1) is 5.92 Å². The number of nitrogens with zero attached hydrogens (tertiary/aromatic N) is 1. The molecule has 0 bridgehead atoms. The monoisotopic (exact) mass is 312 g/mol. The third-order valence-corrected chi connectivity index (χ3v) is 6.08. The molecule has 0 saturated carbocycles. The Bertz CT molecular complexity index is 574. The Morgan fingerprint density at radius 2 is 2.24 bits per heavy atom. The van der Waals surface area contributed by atoms with Crippen molar-refractivity contribution in [3.63, 3.8) is 0 Å².